The third kappa shape index (κ3) is 3.90. The molecule has 2 aromatic rings. The minimum atomic E-state index is -0.570. The van der Waals surface area contributed by atoms with Crippen molar-refractivity contribution in [2.75, 3.05) is 0 Å². The fraction of sp³-hybridized carbons (Fsp3) is 0.333. The second-order valence-corrected chi connectivity index (χ2v) is 5.42. The van der Waals surface area contributed by atoms with Crippen molar-refractivity contribution in [2.45, 2.75) is 39.0 Å². The highest BCUT2D eigenvalue weighted by Gasteiger charge is 2.17. The van der Waals surface area contributed by atoms with Crippen molar-refractivity contribution in [3.05, 3.63) is 70.8 Å². The molecule has 0 aliphatic rings. The van der Waals surface area contributed by atoms with Crippen molar-refractivity contribution in [2.24, 2.45) is 0 Å². The van der Waals surface area contributed by atoms with Crippen LogP contribution in [0.25, 0.3) is 0 Å². The van der Waals surface area contributed by atoms with Crippen LogP contribution in [0.2, 0.25) is 0 Å². The first-order valence-corrected chi connectivity index (χ1v) is 7.45. The van der Waals surface area contributed by atoms with Gasteiger partial charge in [0.2, 0.25) is 0 Å². The summed E-state index contributed by atoms with van der Waals surface area (Å²) in [5, 5.41) is 12.6. The fourth-order valence-electron chi connectivity index (χ4n) is 2.57. The minimum Gasteiger partial charge on any atom is -0.392 e. The highest BCUT2D eigenvalue weighted by molar-refractivity contribution is 5.27. The van der Waals surface area contributed by atoms with Crippen LogP contribution in [0.4, 0.5) is 8.78 Å². The van der Waals surface area contributed by atoms with Gasteiger partial charge in [0.05, 0.1) is 6.61 Å². The molecular weight excluding hydrogens is 284 g/mol. The second-order valence-electron chi connectivity index (χ2n) is 5.42. The number of hydrogen-bond acceptors (Lipinski definition) is 2. The van der Waals surface area contributed by atoms with Crippen molar-refractivity contribution >= 4 is 0 Å². The molecule has 0 saturated carbocycles. The predicted molar refractivity (Wildman–Crippen MR) is 83.3 cm³/mol. The van der Waals surface area contributed by atoms with Crippen LogP contribution in [0.5, 0.6) is 0 Å². The Balaban J connectivity index is 2.18. The van der Waals surface area contributed by atoms with E-state index in [0.29, 0.717) is 12.0 Å². The molecule has 0 amide bonds. The van der Waals surface area contributed by atoms with Crippen molar-refractivity contribution < 1.29 is 13.9 Å². The lowest BCUT2D eigenvalue weighted by Crippen LogP contribution is -2.25. The van der Waals surface area contributed by atoms with Crippen LogP contribution in [-0.4, -0.2) is 5.11 Å². The molecule has 0 saturated heterocycles. The Hall–Kier alpha value is -1.78. The summed E-state index contributed by atoms with van der Waals surface area (Å²) in [4.78, 5) is 0. The summed E-state index contributed by atoms with van der Waals surface area (Å²) in [5.41, 5.74) is 2.33. The van der Waals surface area contributed by atoms with Gasteiger partial charge in [-0.3, -0.25) is 0 Å². The molecule has 2 unspecified atom stereocenters. The van der Waals surface area contributed by atoms with Crippen LogP contribution in [0, 0.1) is 11.6 Å². The molecule has 2 atom stereocenters. The summed E-state index contributed by atoms with van der Waals surface area (Å²) in [6.07, 6.45) is 0.687. The number of rotatable bonds is 6. The number of aliphatic hydroxyl groups excluding tert-OH is 1. The summed E-state index contributed by atoms with van der Waals surface area (Å²) in [5.74, 6) is -1.10. The zero-order chi connectivity index (χ0) is 16.1. The molecule has 2 nitrogen and oxygen atoms in total. The van der Waals surface area contributed by atoms with Gasteiger partial charge in [-0.2, -0.15) is 0 Å². The average molecular weight is 305 g/mol. The van der Waals surface area contributed by atoms with Gasteiger partial charge in [0.1, 0.15) is 11.6 Å². The average Bonchev–Trinajstić information content (AvgIpc) is 2.53. The molecule has 0 heterocycles. The van der Waals surface area contributed by atoms with Gasteiger partial charge in [0.25, 0.3) is 0 Å². The van der Waals surface area contributed by atoms with Gasteiger partial charge in [-0.1, -0.05) is 37.3 Å². The largest absolute Gasteiger partial charge is 0.392 e. The molecule has 0 aliphatic carbocycles. The fourth-order valence-corrected chi connectivity index (χ4v) is 2.57. The molecule has 2 rings (SSSR count). The van der Waals surface area contributed by atoms with Crippen LogP contribution in [0.1, 0.15) is 49.0 Å². The second kappa shape index (κ2) is 7.47. The third-order valence-corrected chi connectivity index (χ3v) is 3.83. The first-order valence-electron chi connectivity index (χ1n) is 7.45. The Labute approximate surface area is 129 Å². The molecule has 0 aromatic heterocycles. The van der Waals surface area contributed by atoms with E-state index >= 15 is 0 Å². The Bertz CT molecular complexity index is 630. The maximum atomic E-state index is 13.9. The molecule has 0 aliphatic heterocycles. The summed E-state index contributed by atoms with van der Waals surface area (Å²) in [6.45, 7) is 3.93. The lowest BCUT2D eigenvalue weighted by atomic mass is 10.00. The molecule has 22 heavy (non-hydrogen) atoms. The molecular formula is C18H21F2NO. The molecule has 0 spiro atoms. The lowest BCUT2D eigenvalue weighted by Gasteiger charge is -2.24. The number of hydrogen-bond donors (Lipinski definition) is 2. The lowest BCUT2D eigenvalue weighted by molar-refractivity contribution is 0.281. The Morgan fingerprint density at radius 1 is 1.14 bits per heavy atom. The first-order chi connectivity index (χ1) is 10.5. The predicted octanol–water partition coefficient (Wildman–Crippen LogP) is 4.26. The Kier molecular flexibility index (Phi) is 5.63. The van der Waals surface area contributed by atoms with Crippen LogP contribution < -0.4 is 5.32 Å². The van der Waals surface area contributed by atoms with E-state index < -0.39 is 11.6 Å². The van der Waals surface area contributed by atoms with Crippen LogP contribution in [0.3, 0.4) is 0 Å². The molecule has 2 N–H and O–H groups in total. The van der Waals surface area contributed by atoms with Crippen LogP contribution >= 0.6 is 0 Å². The van der Waals surface area contributed by atoms with Gasteiger partial charge >= 0.3 is 0 Å². The maximum Gasteiger partial charge on any atom is 0.130 e. The quantitative estimate of drug-likeness (QED) is 0.836. The van der Waals surface area contributed by atoms with Gasteiger partial charge in [-0.15, -0.1) is 0 Å². The monoisotopic (exact) mass is 305 g/mol. The molecule has 2 aromatic carbocycles. The van der Waals surface area contributed by atoms with E-state index in [0.717, 1.165) is 17.2 Å². The van der Waals surface area contributed by atoms with E-state index in [-0.39, 0.29) is 18.7 Å². The first kappa shape index (κ1) is 16.6. The van der Waals surface area contributed by atoms with Gasteiger partial charge in [0.15, 0.2) is 0 Å². The summed E-state index contributed by atoms with van der Waals surface area (Å²) < 4.78 is 27.0. The van der Waals surface area contributed by atoms with Crippen LogP contribution in [-0.2, 0) is 6.61 Å². The minimum absolute atomic E-state index is 0.00957. The SMILES string of the molecule is CCC(NC(C)c1cccc(CO)c1)c1ccc(F)cc1F. The number of aliphatic hydroxyl groups is 1. The molecule has 0 bridgehead atoms. The van der Waals surface area contributed by atoms with E-state index in [1.165, 1.54) is 12.1 Å². The van der Waals surface area contributed by atoms with E-state index in [9.17, 15) is 13.9 Å². The summed E-state index contributed by atoms with van der Waals surface area (Å²) in [6, 6.07) is 11.1. The summed E-state index contributed by atoms with van der Waals surface area (Å²) in [7, 11) is 0. The molecule has 118 valence electrons. The topological polar surface area (TPSA) is 32.3 Å². The van der Waals surface area contributed by atoms with Crippen molar-refractivity contribution in [3.8, 4) is 0 Å². The Morgan fingerprint density at radius 2 is 1.91 bits per heavy atom. The number of nitrogens with one attached hydrogen (secondary N) is 1. The van der Waals surface area contributed by atoms with Crippen molar-refractivity contribution in [3.63, 3.8) is 0 Å². The third-order valence-electron chi connectivity index (χ3n) is 3.83. The van der Waals surface area contributed by atoms with E-state index in [1.807, 2.05) is 38.1 Å². The number of benzene rings is 2. The molecule has 4 heteroatoms. The molecule has 0 fully saturated rings. The zero-order valence-corrected chi connectivity index (χ0v) is 12.8. The van der Waals surface area contributed by atoms with Crippen molar-refractivity contribution in [1.29, 1.82) is 0 Å². The van der Waals surface area contributed by atoms with Gasteiger partial charge < -0.3 is 10.4 Å². The number of halogens is 2. The van der Waals surface area contributed by atoms with Gasteiger partial charge in [-0.25, -0.2) is 8.78 Å². The van der Waals surface area contributed by atoms with Crippen LogP contribution in [0.15, 0.2) is 42.5 Å². The van der Waals surface area contributed by atoms with E-state index in [4.69, 9.17) is 0 Å². The highest BCUT2D eigenvalue weighted by Crippen LogP contribution is 2.25. The Morgan fingerprint density at radius 3 is 2.55 bits per heavy atom. The smallest absolute Gasteiger partial charge is 0.130 e. The highest BCUT2D eigenvalue weighted by atomic mass is 19.1. The van der Waals surface area contributed by atoms with Gasteiger partial charge in [-0.05, 0) is 30.5 Å². The van der Waals surface area contributed by atoms with E-state index in [1.54, 1.807) is 0 Å². The standard InChI is InChI=1S/C18H21F2NO/c1-3-18(16-8-7-15(19)10-17(16)20)21-12(2)14-6-4-5-13(9-14)11-22/h4-10,12,18,21-22H,3,11H2,1-2H3. The van der Waals surface area contributed by atoms with Gasteiger partial charge in [0, 0.05) is 23.7 Å². The normalized spacial score (nSPS) is 13.9. The molecule has 0 radical (unpaired) electrons. The zero-order valence-electron chi connectivity index (χ0n) is 12.8. The van der Waals surface area contributed by atoms with Crippen molar-refractivity contribution in [1.82, 2.24) is 5.32 Å². The maximum absolute atomic E-state index is 13.9. The summed E-state index contributed by atoms with van der Waals surface area (Å²) >= 11 is 0. The van der Waals surface area contributed by atoms with E-state index in [2.05, 4.69) is 5.32 Å².